The third-order valence-electron chi connectivity index (χ3n) is 3.24. The van der Waals surface area contributed by atoms with Crippen molar-refractivity contribution >= 4 is 17.6 Å². The fraction of sp³-hybridized carbons (Fsp3) is 0.267. The largest absolute Gasteiger partial charge is 0.384 e. The van der Waals surface area contributed by atoms with E-state index >= 15 is 0 Å². The molecule has 0 saturated heterocycles. The number of aromatic nitrogens is 2. The van der Waals surface area contributed by atoms with Gasteiger partial charge in [-0.15, -0.1) is 5.10 Å². The lowest BCUT2D eigenvalue weighted by Crippen LogP contribution is -2.16. The first kappa shape index (κ1) is 14.5. The fourth-order valence-corrected chi connectivity index (χ4v) is 3.03. The van der Waals surface area contributed by atoms with Crippen LogP contribution in [0.25, 0.3) is 0 Å². The first-order valence-corrected chi connectivity index (χ1v) is 7.15. The molecule has 0 saturated carbocycles. The second-order valence-electron chi connectivity index (χ2n) is 4.88. The number of nitrogens with one attached hydrogen (secondary N) is 1. The van der Waals surface area contributed by atoms with Crippen molar-refractivity contribution < 1.29 is 0 Å². The summed E-state index contributed by atoms with van der Waals surface area (Å²) in [4.78, 5) is 1.12. The topological polar surface area (TPSA) is 75.7 Å². The molecule has 0 aliphatic heterocycles. The zero-order chi connectivity index (χ0) is 14.9. The van der Waals surface area contributed by atoms with Crippen molar-refractivity contribution in [3.05, 3.63) is 46.1 Å². The highest BCUT2D eigenvalue weighted by Gasteiger charge is 2.15. The number of nitrogen functional groups attached to an aromatic ring is 1. The van der Waals surface area contributed by atoms with Gasteiger partial charge in [-0.3, -0.25) is 5.41 Å². The van der Waals surface area contributed by atoms with Crippen molar-refractivity contribution in [1.29, 1.82) is 5.41 Å². The monoisotopic (exact) mass is 286 g/mol. The van der Waals surface area contributed by atoms with E-state index in [1.807, 2.05) is 13.8 Å². The summed E-state index contributed by atoms with van der Waals surface area (Å²) in [6.45, 7) is 7.92. The SMILES string of the molecule is Cc1ccc(C)c(Sc2nnc(C)c(C)c2C(=N)N)c1. The first-order chi connectivity index (χ1) is 9.40. The van der Waals surface area contributed by atoms with Gasteiger partial charge in [0.15, 0.2) is 0 Å². The smallest absolute Gasteiger partial charge is 0.135 e. The highest BCUT2D eigenvalue weighted by Crippen LogP contribution is 2.32. The average Bonchev–Trinajstić information content (AvgIpc) is 2.38. The van der Waals surface area contributed by atoms with Crippen molar-refractivity contribution in [2.75, 3.05) is 0 Å². The minimum atomic E-state index is 0.0355. The number of aryl methyl sites for hydroxylation is 3. The predicted octanol–water partition coefficient (Wildman–Crippen LogP) is 3.15. The van der Waals surface area contributed by atoms with Crippen LogP contribution in [0, 0.1) is 33.1 Å². The molecular formula is C15H18N4S. The number of hydrogen-bond acceptors (Lipinski definition) is 4. The van der Waals surface area contributed by atoms with Crippen LogP contribution in [0.2, 0.25) is 0 Å². The lowest BCUT2D eigenvalue weighted by Gasteiger charge is -2.12. The molecule has 20 heavy (non-hydrogen) atoms. The highest BCUT2D eigenvalue weighted by atomic mass is 32.2. The van der Waals surface area contributed by atoms with Crippen molar-refractivity contribution in [3.8, 4) is 0 Å². The van der Waals surface area contributed by atoms with Gasteiger partial charge in [0, 0.05) is 4.90 Å². The van der Waals surface area contributed by atoms with Crippen molar-refractivity contribution in [1.82, 2.24) is 10.2 Å². The van der Waals surface area contributed by atoms with Crippen molar-refractivity contribution in [2.45, 2.75) is 37.6 Å². The Kier molecular flexibility index (Phi) is 4.09. The van der Waals surface area contributed by atoms with E-state index in [4.69, 9.17) is 11.1 Å². The van der Waals surface area contributed by atoms with Crippen LogP contribution in [0.1, 0.15) is 27.9 Å². The molecule has 0 fully saturated rings. The Morgan fingerprint density at radius 2 is 1.85 bits per heavy atom. The van der Waals surface area contributed by atoms with Gasteiger partial charge >= 0.3 is 0 Å². The van der Waals surface area contributed by atoms with E-state index in [2.05, 4.69) is 42.2 Å². The molecule has 0 atom stereocenters. The molecule has 1 heterocycles. The third-order valence-corrected chi connectivity index (χ3v) is 4.38. The van der Waals surface area contributed by atoms with Gasteiger partial charge in [0.1, 0.15) is 10.9 Å². The lowest BCUT2D eigenvalue weighted by molar-refractivity contribution is 0.872. The van der Waals surface area contributed by atoms with E-state index in [1.165, 1.54) is 22.9 Å². The Hall–Kier alpha value is -1.88. The molecule has 2 rings (SSSR count). The quantitative estimate of drug-likeness (QED) is 0.671. The summed E-state index contributed by atoms with van der Waals surface area (Å²) in [5.41, 5.74) is 10.5. The second kappa shape index (κ2) is 5.63. The molecule has 4 nitrogen and oxygen atoms in total. The summed E-state index contributed by atoms with van der Waals surface area (Å²) >= 11 is 1.51. The van der Waals surface area contributed by atoms with E-state index < -0.39 is 0 Å². The number of nitrogens with two attached hydrogens (primary N) is 1. The number of rotatable bonds is 3. The Morgan fingerprint density at radius 3 is 2.50 bits per heavy atom. The molecule has 0 bridgehead atoms. The summed E-state index contributed by atoms with van der Waals surface area (Å²) in [6.07, 6.45) is 0. The molecule has 104 valence electrons. The van der Waals surface area contributed by atoms with E-state index in [1.54, 1.807) is 0 Å². The molecule has 0 unspecified atom stereocenters. The molecule has 5 heteroatoms. The van der Waals surface area contributed by atoms with Crippen LogP contribution in [0.15, 0.2) is 28.1 Å². The number of nitrogens with zero attached hydrogens (tertiary/aromatic N) is 2. The Morgan fingerprint density at radius 1 is 1.15 bits per heavy atom. The molecule has 3 N–H and O–H groups in total. The van der Waals surface area contributed by atoms with Gasteiger partial charge in [-0.2, -0.15) is 5.10 Å². The standard InChI is InChI=1S/C15H18N4S/c1-8-5-6-9(2)12(7-8)20-15-13(14(16)17)10(3)11(4)18-19-15/h5-7H,1-4H3,(H3,16,17). The van der Waals surface area contributed by atoms with Crippen LogP contribution in [0.3, 0.4) is 0 Å². The minimum Gasteiger partial charge on any atom is -0.384 e. The molecule has 1 aromatic carbocycles. The molecule has 0 radical (unpaired) electrons. The molecule has 0 aliphatic rings. The van der Waals surface area contributed by atoms with E-state index in [0.29, 0.717) is 10.6 Å². The molecule has 0 amide bonds. The Labute approximate surface area is 123 Å². The third kappa shape index (κ3) is 2.82. The first-order valence-electron chi connectivity index (χ1n) is 6.33. The van der Waals surface area contributed by atoms with Gasteiger partial charge < -0.3 is 5.73 Å². The van der Waals surface area contributed by atoms with E-state index in [9.17, 15) is 0 Å². The van der Waals surface area contributed by atoms with Gasteiger partial charge in [0.05, 0.1) is 11.3 Å². The Balaban J connectivity index is 2.51. The summed E-state index contributed by atoms with van der Waals surface area (Å²) in [5, 5.41) is 16.8. The van der Waals surface area contributed by atoms with Gasteiger partial charge in [0.25, 0.3) is 0 Å². The van der Waals surface area contributed by atoms with Crippen molar-refractivity contribution in [2.24, 2.45) is 5.73 Å². The zero-order valence-electron chi connectivity index (χ0n) is 12.1. The average molecular weight is 286 g/mol. The number of benzene rings is 1. The minimum absolute atomic E-state index is 0.0355. The lowest BCUT2D eigenvalue weighted by atomic mass is 10.1. The summed E-state index contributed by atoms with van der Waals surface area (Å²) in [6, 6.07) is 6.28. The molecule has 0 spiro atoms. The molecule has 2 aromatic rings. The number of amidine groups is 1. The second-order valence-corrected chi connectivity index (χ2v) is 5.91. The van der Waals surface area contributed by atoms with Crippen LogP contribution >= 0.6 is 11.8 Å². The normalized spacial score (nSPS) is 10.6. The van der Waals surface area contributed by atoms with Crippen LogP contribution in [-0.4, -0.2) is 16.0 Å². The van der Waals surface area contributed by atoms with Gasteiger partial charge in [-0.1, -0.05) is 23.9 Å². The number of hydrogen-bond donors (Lipinski definition) is 2. The van der Waals surface area contributed by atoms with Crippen LogP contribution in [0.5, 0.6) is 0 Å². The van der Waals surface area contributed by atoms with Crippen LogP contribution in [-0.2, 0) is 0 Å². The van der Waals surface area contributed by atoms with E-state index in [0.717, 1.165) is 16.2 Å². The van der Waals surface area contributed by atoms with Gasteiger partial charge in [-0.05, 0) is 50.5 Å². The summed E-state index contributed by atoms with van der Waals surface area (Å²) in [7, 11) is 0. The predicted molar refractivity (Wildman–Crippen MR) is 82.6 cm³/mol. The summed E-state index contributed by atoms with van der Waals surface area (Å²) in [5.74, 6) is 0.0355. The van der Waals surface area contributed by atoms with Gasteiger partial charge in [-0.25, -0.2) is 0 Å². The van der Waals surface area contributed by atoms with Crippen LogP contribution < -0.4 is 5.73 Å². The van der Waals surface area contributed by atoms with E-state index in [-0.39, 0.29) is 5.84 Å². The highest BCUT2D eigenvalue weighted by molar-refractivity contribution is 7.99. The van der Waals surface area contributed by atoms with Crippen molar-refractivity contribution in [3.63, 3.8) is 0 Å². The van der Waals surface area contributed by atoms with Gasteiger partial charge in [0.2, 0.25) is 0 Å². The Bertz CT molecular complexity index is 680. The summed E-state index contributed by atoms with van der Waals surface area (Å²) < 4.78 is 0. The maximum Gasteiger partial charge on any atom is 0.135 e. The maximum absolute atomic E-state index is 7.77. The molecule has 1 aromatic heterocycles. The fourth-order valence-electron chi connectivity index (χ4n) is 1.90. The molecule has 0 aliphatic carbocycles. The maximum atomic E-state index is 7.77. The molecular weight excluding hydrogens is 268 g/mol. The van der Waals surface area contributed by atoms with Crippen LogP contribution in [0.4, 0.5) is 0 Å². The zero-order valence-corrected chi connectivity index (χ0v) is 12.9.